The quantitative estimate of drug-likeness (QED) is 0.676. The molecule has 1 N–H and O–H groups in total. The van der Waals surface area contributed by atoms with E-state index >= 15 is 0 Å². The van der Waals surface area contributed by atoms with E-state index in [1.165, 1.54) is 7.11 Å². The summed E-state index contributed by atoms with van der Waals surface area (Å²) in [6, 6.07) is 1.41. The zero-order valence-electron chi connectivity index (χ0n) is 9.43. The number of amides is 1. The predicted molar refractivity (Wildman–Crippen MR) is 60.3 cm³/mol. The Morgan fingerprint density at radius 1 is 1.33 bits per heavy atom. The molecular formula is C11H10ClF2NO3. The number of nitrogens with one attached hydrogen (secondary N) is 1. The molecule has 4 nitrogen and oxygen atoms in total. The first-order valence-electron chi connectivity index (χ1n) is 4.95. The lowest BCUT2D eigenvalue weighted by Crippen LogP contribution is -2.26. The number of hydrogen-bond donors (Lipinski definition) is 1. The number of benzene rings is 1. The van der Waals surface area contributed by atoms with Gasteiger partial charge < -0.3 is 10.1 Å². The number of hydrogen-bond acceptors (Lipinski definition) is 3. The lowest BCUT2D eigenvalue weighted by molar-refractivity contribution is -0.140. The van der Waals surface area contributed by atoms with Crippen LogP contribution in [-0.2, 0) is 9.53 Å². The molecule has 0 heterocycles. The van der Waals surface area contributed by atoms with Crippen molar-refractivity contribution in [2.75, 3.05) is 13.7 Å². The second-order valence-electron chi connectivity index (χ2n) is 3.33. The maximum Gasteiger partial charge on any atom is 0.307 e. The van der Waals surface area contributed by atoms with Gasteiger partial charge in [-0.25, -0.2) is 8.78 Å². The van der Waals surface area contributed by atoms with E-state index in [9.17, 15) is 18.4 Å². The van der Waals surface area contributed by atoms with Gasteiger partial charge in [0.05, 0.1) is 24.1 Å². The third kappa shape index (κ3) is 3.66. The molecule has 1 aromatic carbocycles. The van der Waals surface area contributed by atoms with Crippen molar-refractivity contribution in [3.05, 3.63) is 34.4 Å². The second kappa shape index (κ2) is 6.30. The van der Waals surface area contributed by atoms with E-state index in [1.807, 2.05) is 0 Å². The molecule has 0 bridgehead atoms. The summed E-state index contributed by atoms with van der Waals surface area (Å²) in [7, 11) is 1.22. The Morgan fingerprint density at radius 3 is 2.56 bits per heavy atom. The summed E-state index contributed by atoms with van der Waals surface area (Å²) in [5, 5.41) is 2.13. The van der Waals surface area contributed by atoms with Gasteiger partial charge in [0.25, 0.3) is 5.91 Å². The first-order valence-corrected chi connectivity index (χ1v) is 5.33. The van der Waals surface area contributed by atoms with Crippen LogP contribution in [0.15, 0.2) is 12.1 Å². The fraction of sp³-hybridized carbons (Fsp3) is 0.273. The van der Waals surface area contributed by atoms with Gasteiger partial charge in [-0.1, -0.05) is 11.6 Å². The highest BCUT2D eigenvalue weighted by Gasteiger charge is 2.14. The van der Waals surface area contributed by atoms with Crippen LogP contribution >= 0.6 is 11.6 Å². The molecule has 18 heavy (non-hydrogen) atoms. The molecule has 0 saturated heterocycles. The van der Waals surface area contributed by atoms with Crippen LogP contribution < -0.4 is 5.32 Å². The summed E-state index contributed by atoms with van der Waals surface area (Å²) >= 11 is 5.61. The Hall–Kier alpha value is -1.69. The first kappa shape index (κ1) is 14.4. The van der Waals surface area contributed by atoms with Crippen LogP contribution in [0.2, 0.25) is 5.02 Å². The van der Waals surface area contributed by atoms with Crippen LogP contribution in [0.5, 0.6) is 0 Å². The fourth-order valence-electron chi connectivity index (χ4n) is 1.17. The van der Waals surface area contributed by atoms with E-state index in [0.29, 0.717) is 12.1 Å². The number of rotatable bonds is 4. The van der Waals surface area contributed by atoms with Crippen LogP contribution in [0.4, 0.5) is 8.78 Å². The standard InChI is InChI=1S/C11H10ClF2NO3/c1-18-10(16)2-3-15-11(17)6-4-8(13)9(14)5-7(6)12/h4-5H,2-3H2,1H3,(H,15,17). The van der Waals surface area contributed by atoms with Crippen molar-refractivity contribution in [1.29, 1.82) is 0 Å². The highest BCUT2D eigenvalue weighted by Crippen LogP contribution is 2.19. The molecule has 0 spiro atoms. The summed E-state index contributed by atoms with van der Waals surface area (Å²) < 4.78 is 30.1. The molecule has 98 valence electrons. The monoisotopic (exact) mass is 277 g/mol. The number of ether oxygens (including phenoxy) is 1. The summed E-state index contributed by atoms with van der Waals surface area (Å²) in [5.41, 5.74) is -0.194. The number of halogens is 3. The highest BCUT2D eigenvalue weighted by molar-refractivity contribution is 6.33. The molecule has 0 aliphatic heterocycles. The topological polar surface area (TPSA) is 55.4 Å². The molecule has 0 atom stereocenters. The van der Waals surface area contributed by atoms with E-state index < -0.39 is 23.5 Å². The molecule has 0 aliphatic rings. The SMILES string of the molecule is COC(=O)CCNC(=O)c1cc(F)c(F)cc1Cl. The molecule has 1 amide bonds. The second-order valence-corrected chi connectivity index (χ2v) is 3.74. The smallest absolute Gasteiger partial charge is 0.307 e. The molecule has 0 saturated carbocycles. The Morgan fingerprint density at radius 2 is 1.94 bits per heavy atom. The van der Waals surface area contributed by atoms with Crippen molar-refractivity contribution >= 4 is 23.5 Å². The van der Waals surface area contributed by atoms with Crippen LogP contribution in [0.3, 0.4) is 0 Å². The minimum atomic E-state index is -1.17. The number of carbonyl (C=O) groups is 2. The summed E-state index contributed by atoms with van der Waals surface area (Å²) in [6.07, 6.45) is -0.0243. The largest absolute Gasteiger partial charge is 0.469 e. The Labute approximate surface area is 107 Å². The predicted octanol–water partition coefficient (Wildman–Crippen LogP) is 1.91. The zero-order chi connectivity index (χ0) is 13.7. The zero-order valence-corrected chi connectivity index (χ0v) is 10.2. The lowest BCUT2D eigenvalue weighted by Gasteiger charge is -2.06. The van der Waals surface area contributed by atoms with E-state index in [4.69, 9.17) is 11.6 Å². The molecule has 0 radical (unpaired) electrons. The molecule has 0 unspecified atom stereocenters. The van der Waals surface area contributed by atoms with Gasteiger partial charge in [0.2, 0.25) is 0 Å². The lowest BCUT2D eigenvalue weighted by atomic mass is 10.2. The van der Waals surface area contributed by atoms with E-state index in [-0.39, 0.29) is 23.6 Å². The van der Waals surface area contributed by atoms with Crippen molar-refractivity contribution in [3.63, 3.8) is 0 Å². The van der Waals surface area contributed by atoms with Crippen molar-refractivity contribution in [1.82, 2.24) is 5.32 Å². The molecule has 1 aromatic rings. The van der Waals surface area contributed by atoms with Crippen LogP contribution in [-0.4, -0.2) is 25.5 Å². The minimum Gasteiger partial charge on any atom is -0.469 e. The molecule has 1 rings (SSSR count). The van der Waals surface area contributed by atoms with Gasteiger partial charge in [-0.2, -0.15) is 0 Å². The first-order chi connectivity index (χ1) is 8.45. The third-order valence-corrected chi connectivity index (χ3v) is 2.41. The fourth-order valence-corrected chi connectivity index (χ4v) is 1.41. The highest BCUT2D eigenvalue weighted by atomic mass is 35.5. The molecule has 7 heteroatoms. The normalized spacial score (nSPS) is 10.0. The number of methoxy groups -OCH3 is 1. The van der Waals surface area contributed by atoms with Crippen molar-refractivity contribution in [2.24, 2.45) is 0 Å². The average molecular weight is 278 g/mol. The van der Waals surface area contributed by atoms with Crippen LogP contribution in [0.1, 0.15) is 16.8 Å². The molecule has 0 fully saturated rings. The summed E-state index contributed by atoms with van der Waals surface area (Å²) in [6.45, 7) is 0.0147. The van der Waals surface area contributed by atoms with Gasteiger partial charge in [0.15, 0.2) is 11.6 Å². The number of esters is 1. The van der Waals surface area contributed by atoms with Crippen LogP contribution in [0, 0.1) is 11.6 Å². The summed E-state index contributed by atoms with van der Waals surface area (Å²) in [5.74, 6) is -3.49. The van der Waals surface area contributed by atoms with Gasteiger partial charge >= 0.3 is 5.97 Å². The van der Waals surface area contributed by atoms with Gasteiger partial charge in [-0.3, -0.25) is 9.59 Å². The maximum absolute atomic E-state index is 12.9. The Kier molecular flexibility index (Phi) is 5.03. The van der Waals surface area contributed by atoms with E-state index in [2.05, 4.69) is 10.1 Å². The van der Waals surface area contributed by atoms with Crippen molar-refractivity contribution in [3.8, 4) is 0 Å². The number of carbonyl (C=O) groups excluding carboxylic acids is 2. The maximum atomic E-state index is 12.9. The van der Waals surface area contributed by atoms with Crippen LogP contribution in [0.25, 0.3) is 0 Å². The third-order valence-electron chi connectivity index (χ3n) is 2.10. The average Bonchev–Trinajstić information content (AvgIpc) is 2.33. The van der Waals surface area contributed by atoms with Crippen molar-refractivity contribution < 1.29 is 23.1 Å². The molecular weight excluding hydrogens is 268 g/mol. The Bertz CT molecular complexity index is 480. The van der Waals surface area contributed by atoms with Gasteiger partial charge in [-0.05, 0) is 12.1 Å². The van der Waals surface area contributed by atoms with E-state index in [1.54, 1.807) is 0 Å². The minimum absolute atomic E-state index is 0.0147. The molecule has 0 aromatic heterocycles. The Balaban J connectivity index is 2.67. The van der Waals surface area contributed by atoms with Gasteiger partial charge in [0.1, 0.15) is 0 Å². The van der Waals surface area contributed by atoms with E-state index in [0.717, 1.165) is 0 Å². The molecule has 0 aliphatic carbocycles. The summed E-state index contributed by atoms with van der Waals surface area (Å²) in [4.78, 5) is 22.3. The van der Waals surface area contributed by atoms with Gasteiger partial charge in [-0.15, -0.1) is 0 Å². The van der Waals surface area contributed by atoms with Gasteiger partial charge in [0, 0.05) is 6.54 Å². The van der Waals surface area contributed by atoms with Crippen molar-refractivity contribution in [2.45, 2.75) is 6.42 Å².